The van der Waals surface area contributed by atoms with E-state index in [0.717, 1.165) is 98.6 Å². The highest BCUT2D eigenvalue weighted by Crippen LogP contribution is 2.55. The second-order valence-corrected chi connectivity index (χ2v) is 28.0. The van der Waals surface area contributed by atoms with Crippen LogP contribution >= 0.6 is 0 Å². The van der Waals surface area contributed by atoms with Crippen LogP contribution in [0.2, 0.25) is 0 Å². The number of rotatable bonds is 24. The molecule has 0 spiro atoms. The Hall–Kier alpha value is -9.83. The van der Waals surface area contributed by atoms with Crippen LogP contribution in [0.5, 0.6) is 11.5 Å². The molecular formula is C75H82F4N14O9. The maximum absolute atomic E-state index is 15.1. The molecular weight excluding hydrogens is 1320 g/mol. The summed E-state index contributed by atoms with van der Waals surface area (Å²) in [4.78, 5) is 68.6. The van der Waals surface area contributed by atoms with Gasteiger partial charge in [0, 0.05) is 141 Å². The number of urea groups is 2. The van der Waals surface area contributed by atoms with Gasteiger partial charge in [0.2, 0.25) is 0 Å². The van der Waals surface area contributed by atoms with E-state index in [0.29, 0.717) is 37.4 Å². The highest BCUT2D eigenvalue weighted by atomic mass is 19.1. The average molecular weight is 1400 g/mol. The number of Topliss-reactive ketones (excluding diaryl/α,β-unsaturated/α-hetero) is 1. The molecule has 8 aromatic rings. The molecule has 4 amide bonds. The van der Waals surface area contributed by atoms with Crippen LogP contribution in [0.4, 0.5) is 61.3 Å². The molecule has 6 atom stereocenters. The first kappa shape index (κ1) is 68.0. The van der Waals surface area contributed by atoms with E-state index in [1.807, 2.05) is 115 Å². The average Bonchev–Trinajstić information content (AvgIpc) is 1.56. The van der Waals surface area contributed by atoms with Gasteiger partial charge in [0.05, 0.1) is 43.8 Å². The standard InChI is InChI=1S/C75H82F4N14O9/c1-50(2)92-60(38-90(71(92)95)58-11-7-54(8-12-58)84-27-31-86(32-28-84)56-15-19-61(20-16-56)97-40-69-99-44-74(101-69,42-88-48-80-46-82-88)63-23-5-52(76)35-65(63)78)37-68(94)73(25-26-73)67-39-91(72(96)93(67)51(3)4)59-13-9-55(10-14-59)85-29-33-87(34-30-85)57-17-21-62(22-18-57)98-41-70-100-45-75(102-70,43-89-49-81-47-83-89)64-24-6-53(77)36-66(64)79/h5-24,35-36,46-51,60,67,69-70H,25-34,37-45H2,1-4H3/t60?,67?,69-,70-,74+,75+/m0/s1. The first-order valence-electron chi connectivity index (χ1n) is 34.9. The van der Waals surface area contributed by atoms with Crippen LogP contribution in [-0.2, 0) is 48.0 Å². The van der Waals surface area contributed by atoms with Crippen LogP contribution < -0.4 is 38.9 Å². The molecule has 15 rings (SSSR count). The Labute approximate surface area is 588 Å². The zero-order chi connectivity index (χ0) is 70.4. The van der Waals surface area contributed by atoms with Crippen molar-refractivity contribution in [3.8, 4) is 11.5 Å². The quantitative estimate of drug-likeness (QED) is 0.0518. The molecule has 6 aromatic carbocycles. The molecule has 23 nitrogen and oxygen atoms in total. The number of aromatic nitrogens is 6. The van der Waals surface area contributed by atoms with Crippen molar-refractivity contribution in [2.24, 2.45) is 5.41 Å². The molecule has 7 aliphatic rings. The third-order valence-electron chi connectivity index (χ3n) is 21.0. The van der Waals surface area contributed by atoms with Gasteiger partial charge in [0.15, 0.2) is 12.6 Å². The van der Waals surface area contributed by atoms with Crippen LogP contribution in [0.1, 0.15) is 58.1 Å². The van der Waals surface area contributed by atoms with Crippen molar-refractivity contribution < 1.29 is 60.4 Å². The third kappa shape index (κ3) is 13.7. The van der Waals surface area contributed by atoms with E-state index < -0.39 is 52.5 Å². The lowest BCUT2D eigenvalue weighted by Crippen LogP contribution is -2.48. The summed E-state index contributed by atoms with van der Waals surface area (Å²) in [5.41, 5.74) is 2.81. The van der Waals surface area contributed by atoms with Gasteiger partial charge in [-0.3, -0.25) is 14.6 Å². The summed E-state index contributed by atoms with van der Waals surface area (Å²) in [7, 11) is 0. The lowest BCUT2D eigenvalue weighted by atomic mass is 9.86. The Morgan fingerprint density at radius 3 is 1.26 bits per heavy atom. The van der Waals surface area contributed by atoms with Crippen molar-refractivity contribution in [3.63, 3.8) is 0 Å². The van der Waals surface area contributed by atoms with Crippen molar-refractivity contribution in [1.29, 1.82) is 0 Å². The molecule has 2 unspecified atom stereocenters. The number of ketones is 1. The number of piperazine rings is 2. The number of anilines is 6. The smallest absolute Gasteiger partial charge is 0.325 e. The highest BCUT2D eigenvalue weighted by Gasteiger charge is 2.62. The van der Waals surface area contributed by atoms with Gasteiger partial charge in [-0.25, -0.2) is 46.5 Å². The van der Waals surface area contributed by atoms with Gasteiger partial charge < -0.3 is 57.8 Å². The summed E-state index contributed by atoms with van der Waals surface area (Å²) in [5, 5.41) is 8.33. The van der Waals surface area contributed by atoms with E-state index in [2.05, 4.69) is 64.0 Å². The molecule has 6 aliphatic heterocycles. The zero-order valence-corrected chi connectivity index (χ0v) is 57.4. The third-order valence-corrected chi connectivity index (χ3v) is 21.0. The fraction of sp³-hybridized carbons (Fsp3) is 0.427. The second kappa shape index (κ2) is 28.2. The summed E-state index contributed by atoms with van der Waals surface area (Å²) in [5.74, 6) is -1.55. The number of hydrogen-bond acceptors (Lipinski definition) is 17. The van der Waals surface area contributed by atoms with Crippen LogP contribution in [0, 0.1) is 28.7 Å². The molecule has 0 bridgehead atoms. The van der Waals surface area contributed by atoms with Gasteiger partial charge in [-0.2, -0.15) is 10.2 Å². The SMILES string of the molecule is CC(C)N1C(=O)N(c2ccc(N3CCN(c4ccc(OC[C@H]5OC[C@](Cn6cncn6)(c6ccc(F)cc6F)O5)cc4)CC3)cc2)CC1CC(=O)C1(C2CN(c3ccc(N4CCN(c5ccc(OC[C@H]6OC[C@](Cn7cncn7)(c7ccc(F)cc7F)O6)cc5)CC4)cc3)C(=O)N2C(C)C)CC1. The Morgan fingerprint density at radius 1 is 0.510 bits per heavy atom. The summed E-state index contributed by atoms with van der Waals surface area (Å²) >= 11 is 0. The van der Waals surface area contributed by atoms with Crippen LogP contribution in [0.25, 0.3) is 0 Å². The van der Waals surface area contributed by atoms with E-state index in [1.54, 1.807) is 4.90 Å². The molecule has 2 aromatic heterocycles. The molecule has 6 saturated heterocycles. The van der Waals surface area contributed by atoms with Gasteiger partial charge in [-0.1, -0.05) is 12.1 Å². The Morgan fingerprint density at radius 2 is 0.892 bits per heavy atom. The zero-order valence-electron chi connectivity index (χ0n) is 57.4. The topological polar surface area (TPSA) is 194 Å². The number of carbonyl (C=O) groups is 3. The van der Waals surface area contributed by atoms with E-state index in [9.17, 15) is 23.2 Å². The maximum Gasteiger partial charge on any atom is 0.325 e. The van der Waals surface area contributed by atoms with Gasteiger partial charge in [0.1, 0.15) is 90.3 Å². The minimum atomic E-state index is -1.28. The second-order valence-electron chi connectivity index (χ2n) is 28.0. The molecule has 0 N–H and O–H groups in total. The first-order valence-corrected chi connectivity index (χ1v) is 34.9. The van der Waals surface area contributed by atoms with E-state index >= 15 is 8.78 Å². The number of benzene rings is 6. The lowest BCUT2D eigenvalue weighted by molar-refractivity contribution is -0.127. The predicted octanol–water partition coefficient (Wildman–Crippen LogP) is 10.3. The molecule has 27 heteroatoms. The van der Waals surface area contributed by atoms with Crippen molar-refractivity contribution in [2.75, 3.05) is 121 Å². The fourth-order valence-corrected chi connectivity index (χ4v) is 15.6. The largest absolute Gasteiger partial charge is 0.488 e. The van der Waals surface area contributed by atoms with Crippen molar-refractivity contribution in [2.45, 2.75) is 108 Å². The summed E-state index contributed by atoms with van der Waals surface area (Å²) < 4.78 is 97.9. The van der Waals surface area contributed by atoms with Gasteiger partial charge in [-0.05, 0) is 150 Å². The number of carbonyl (C=O) groups excluding carboxylic acids is 3. The summed E-state index contributed by atoms with van der Waals surface area (Å²) in [6.45, 7) is 15.3. The maximum atomic E-state index is 15.1. The van der Waals surface area contributed by atoms with Gasteiger partial charge in [0.25, 0.3) is 0 Å². The van der Waals surface area contributed by atoms with Crippen LogP contribution in [0.15, 0.2) is 159 Å². The number of halogens is 4. The highest BCUT2D eigenvalue weighted by molar-refractivity contribution is 5.99. The number of amides is 4. The molecule has 8 heterocycles. The molecule has 0 radical (unpaired) electrons. The minimum absolute atomic E-state index is 0.00244. The molecule has 534 valence electrons. The molecule has 1 saturated carbocycles. The first-order chi connectivity index (χ1) is 49.4. The Bertz CT molecular complexity index is 4260. The number of hydrogen-bond donors (Lipinski definition) is 0. The van der Waals surface area contributed by atoms with E-state index in [-0.39, 0.29) is 99.1 Å². The van der Waals surface area contributed by atoms with E-state index in [1.165, 1.54) is 58.9 Å². The van der Waals surface area contributed by atoms with Crippen LogP contribution in [-0.4, -0.2) is 186 Å². The van der Waals surface area contributed by atoms with Gasteiger partial charge in [-0.15, -0.1) is 0 Å². The minimum Gasteiger partial charge on any atom is -0.488 e. The van der Waals surface area contributed by atoms with Crippen molar-refractivity contribution >= 4 is 52.0 Å². The monoisotopic (exact) mass is 1400 g/mol. The molecule has 102 heavy (non-hydrogen) atoms. The predicted molar refractivity (Wildman–Crippen MR) is 372 cm³/mol. The lowest BCUT2D eigenvalue weighted by Gasteiger charge is -2.37. The van der Waals surface area contributed by atoms with E-state index in [4.69, 9.17) is 28.4 Å². The molecule has 7 fully saturated rings. The summed E-state index contributed by atoms with van der Waals surface area (Å²) in [6.07, 6.45) is 5.66. The van der Waals surface area contributed by atoms with Gasteiger partial charge >= 0.3 is 12.1 Å². The Balaban J connectivity index is 0.514. The summed E-state index contributed by atoms with van der Waals surface area (Å²) in [6, 6.07) is 37.6. The van der Waals surface area contributed by atoms with Crippen molar-refractivity contribution in [3.05, 3.63) is 193 Å². The van der Waals surface area contributed by atoms with Crippen LogP contribution in [0.3, 0.4) is 0 Å². The molecule has 1 aliphatic carbocycles. The normalized spacial score (nSPS) is 23.6. The number of nitrogens with zero attached hydrogens (tertiary/aromatic N) is 14. The van der Waals surface area contributed by atoms with Crippen molar-refractivity contribution in [1.82, 2.24) is 39.3 Å². The fourth-order valence-electron chi connectivity index (χ4n) is 15.6. The number of ether oxygens (including phenoxy) is 6. The Kier molecular flexibility index (Phi) is 18.8.